The van der Waals surface area contributed by atoms with Crippen molar-refractivity contribution in [3.8, 4) is 0 Å². The summed E-state index contributed by atoms with van der Waals surface area (Å²) in [5, 5.41) is 0. The third-order valence-corrected chi connectivity index (χ3v) is 2.68. The average Bonchev–Trinajstić information content (AvgIpc) is 2.33. The van der Waals surface area contributed by atoms with Crippen molar-refractivity contribution < 1.29 is 4.79 Å². The second-order valence-corrected chi connectivity index (χ2v) is 4.00. The minimum absolute atomic E-state index is 0.382. The lowest BCUT2D eigenvalue weighted by atomic mass is 9.94. The average molecular weight is 226 g/mol. The first kappa shape index (κ1) is 11.3. The summed E-state index contributed by atoms with van der Waals surface area (Å²) in [4.78, 5) is 15.8. The van der Waals surface area contributed by atoms with Gasteiger partial charge in [0.1, 0.15) is 5.92 Å². The van der Waals surface area contributed by atoms with E-state index in [9.17, 15) is 4.79 Å². The molecule has 0 radical (unpaired) electrons. The van der Waals surface area contributed by atoms with Gasteiger partial charge in [0.25, 0.3) is 0 Å². The summed E-state index contributed by atoms with van der Waals surface area (Å²) in [6, 6.07) is 13.2. The Kier molecular flexibility index (Phi) is 3.19. The van der Waals surface area contributed by atoms with Crippen LogP contribution in [0.2, 0.25) is 0 Å². The zero-order chi connectivity index (χ0) is 12.3. The van der Waals surface area contributed by atoms with E-state index in [1.807, 2.05) is 49.4 Å². The van der Waals surface area contributed by atoms with Crippen molar-refractivity contribution in [2.75, 3.05) is 0 Å². The van der Waals surface area contributed by atoms with Crippen molar-refractivity contribution in [2.24, 2.45) is 5.73 Å². The molecule has 1 unspecified atom stereocenters. The molecule has 3 nitrogen and oxygen atoms in total. The molecule has 0 aliphatic rings. The molecule has 1 atom stereocenters. The van der Waals surface area contributed by atoms with E-state index in [2.05, 4.69) is 4.98 Å². The topological polar surface area (TPSA) is 56.0 Å². The number of pyridine rings is 1. The van der Waals surface area contributed by atoms with Crippen LogP contribution in [0, 0.1) is 6.92 Å². The van der Waals surface area contributed by atoms with Crippen LogP contribution in [0.15, 0.2) is 48.7 Å². The molecule has 0 aliphatic heterocycles. The summed E-state index contributed by atoms with van der Waals surface area (Å²) in [5.41, 5.74) is 8.17. The number of carbonyl (C=O) groups is 1. The summed E-state index contributed by atoms with van der Waals surface area (Å²) in [5.74, 6) is -0.857. The third-order valence-electron chi connectivity index (χ3n) is 2.68. The minimum Gasteiger partial charge on any atom is -0.369 e. The molecule has 2 N–H and O–H groups in total. The number of benzene rings is 1. The van der Waals surface area contributed by atoms with E-state index < -0.39 is 5.92 Å². The fourth-order valence-corrected chi connectivity index (χ4v) is 1.79. The summed E-state index contributed by atoms with van der Waals surface area (Å²) in [6.07, 6.45) is 1.67. The highest BCUT2D eigenvalue weighted by molar-refractivity contribution is 5.85. The number of amides is 1. The number of nitrogens with two attached hydrogens (primary N) is 1. The summed E-state index contributed by atoms with van der Waals surface area (Å²) in [7, 11) is 0. The van der Waals surface area contributed by atoms with E-state index in [4.69, 9.17) is 5.73 Å². The van der Waals surface area contributed by atoms with Crippen molar-refractivity contribution in [3.63, 3.8) is 0 Å². The zero-order valence-corrected chi connectivity index (χ0v) is 9.63. The fourth-order valence-electron chi connectivity index (χ4n) is 1.79. The minimum atomic E-state index is -0.475. The van der Waals surface area contributed by atoms with Crippen LogP contribution in [-0.2, 0) is 4.79 Å². The van der Waals surface area contributed by atoms with Gasteiger partial charge in [-0.05, 0) is 24.6 Å². The van der Waals surface area contributed by atoms with Gasteiger partial charge < -0.3 is 5.73 Å². The van der Waals surface area contributed by atoms with Gasteiger partial charge >= 0.3 is 0 Å². The van der Waals surface area contributed by atoms with Crippen molar-refractivity contribution >= 4 is 5.91 Å². The van der Waals surface area contributed by atoms with E-state index in [1.54, 1.807) is 6.20 Å². The van der Waals surface area contributed by atoms with Crippen LogP contribution in [0.5, 0.6) is 0 Å². The lowest BCUT2D eigenvalue weighted by molar-refractivity contribution is -0.118. The number of nitrogens with zero attached hydrogens (tertiary/aromatic N) is 1. The lowest BCUT2D eigenvalue weighted by Gasteiger charge is -2.13. The Bertz CT molecular complexity index is 506. The van der Waals surface area contributed by atoms with E-state index >= 15 is 0 Å². The van der Waals surface area contributed by atoms with Crippen LogP contribution >= 0.6 is 0 Å². The molecule has 2 aromatic rings. The Morgan fingerprint density at radius 1 is 1.18 bits per heavy atom. The number of aromatic nitrogens is 1. The van der Waals surface area contributed by atoms with Gasteiger partial charge in [-0.3, -0.25) is 9.78 Å². The van der Waals surface area contributed by atoms with E-state index in [0.717, 1.165) is 11.1 Å². The molecule has 2 rings (SSSR count). The summed E-state index contributed by atoms with van der Waals surface area (Å²) >= 11 is 0. The number of primary amides is 1. The largest absolute Gasteiger partial charge is 0.369 e. The molecule has 1 heterocycles. The van der Waals surface area contributed by atoms with Crippen molar-refractivity contribution in [1.82, 2.24) is 4.98 Å². The Labute approximate surface area is 100 Å². The van der Waals surface area contributed by atoms with Crippen LogP contribution in [0.3, 0.4) is 0 Å². The molecular weight excluding hydrogens is 212 g/mol. The van der Waals surface area contributed by atoms with Crippen LogP contribution in [-0.4, -0.2) is 10.9 Å². The Hall–Kier alpha value is -2.16. The molecule has 0 saturated heterocycles. The Balaban J connectivity index is 2.43. The van der Waals surface area contributed by atoms with Crippen LogP contribution in [0.4, 0.5) is 0 Å². The fraction of sp³-hybridized carbons (Fsp3) is 0.143. The maximum atomic E-state index is 11.6. The zero-order valence-electron chi connectivity index (χ0n) is 9.63. The molecule has 1 aromatic heterocycles. The number of aryl methyl sites for hydroxylation is 1. The lowest BCUT2D eigenvalue weighted by Crippen LogP contribution is -2.23. The smallest absolute Gasteiger partial charge is 0.231 e. The first-order chi connectivity index (χ1) is 8.18. The van der Waals surface area contributed by atoms with Gasteiger partial charge in [-0.2, -0.15) is 0 Å². The SMILES string of the molecule is Cc1ccc(C(C(N)=O)c2ccccn2)cc1. The van der Waals surface area contributed by atoms with E-state index in [0.29, 0.717) is 5.69 Å². The third kappa shape index (κ3) is 2.50. The molecule has 3 heteroatoms. The number of carbonyl (C=O) groups excluding carboxylic acids is 1. The maximum Gasteiger partial charge on any atom is 0.231 e. The predicted octanol–water partition coefficient (Wildman–Crippen LogP) is 2.01. The van der Waals surface area contributed by atoms with Crippen LogP contribution < -0.4 is 5.73 Å². The normalized spacial score (nSPS) is 12.1. The number of rotatable bonds is 3. The standard InChI is InChI=1S/C14H14N2O/c1-10-5-7-11(8-6-10)13(14(15)17)12-4-2-3-9-16-12/h2-9,13H,1H3,(H2,15,17). The molecule has 0 aliphatic carbocycles. The first-order valence-electron chi connectivity index (χ1n) is 5.45. The summed E-state index contributed by atoms with van der Waals surface area (Å²) in [6.45, 7) is 2.00. The van der Waals surface area contributed by atoms with Crippen LogP contribution in [0.25, 0.3) is 0 Å². The van der Waals surface area contributed by atoms with Gasteiger partial charge in [-0.1, -0.05) is 35.9 Å². The van der Waals surface area contributed by atoms with Gasteiger partial charge in [0, 0.05) is 6.20 Å². The quantitative estimate of drug-likeness (QED) is 0.870. The molecule has 0 spiro atoms. The van der Waals surface area contributed by atoms with Crippen molar-refractivity contribution in [3.05, 3.63) is 65.5 Å². The maximum absolute atomic E-state index is 11.6. The Morgan fingerprint density at radius 3 is 2.41 bits per heavy atom. The van der Waals surface area contributed by atoms with Gasteiger partial charge in [0.05, 0.1) is 5.69 Å². The molecule has 17 heavy (non-hydrogen) atoms. The highest BCUT2D eigenvalue weighted by atomic mass is 16.1. The second kappa shape index (κ2) is 4.78. The highest BCUT2D eigenvalue weighted by Crippen LogP contribution is 2.22. The van der Waals surface area contributed by atoms with E-state index in [1.165, 1.54) is 0 Å². The Morgan fingerprint density at radius 2 is 1.88 bits per heavy atom. The van der Waals surface area contributed by atoms with Crippen molar-refractivity contribution in [1.29, 1.82) is 0 Å². The monoisotopic (exact) mass is 226 g/mol. The predicted molar refractivity (Wildman–Crippen MR) is 66.5 cm³/mol. The molecule has 0 fully saturated rings. The van der Waals surface area contributed by atoms with Gasteiger partial charge in [0.2, 0.25) is 5.91 Å². The molecule has 1 amide bonds. The number of hydrogen-bond acceptors (Lipinski definition) is 2. The molecule has 0 saturated carbocycles. The van der Waals surface area contributed by atoms with Gasteiger partial charge in [0.15, 0.2) is 0 Å². The molecule has 1 aromatic carbocycles. The molecular formula is C14H14N2O. The summed E-state index contributed by atoms with van der Waals surface area (Å²) < 4.78 is 0. The molecule has 86 valence electrons. The van der Waals surface area contributed by atoms with E-state index in [-0.39, 0.29) is 5.91 Å². The van der Waals surface area contributed by atoms with Crippen molar-refractivity contribution in [2.45, 2.75) is 12.8 Å². The van der Waals surface area contributed by atoms with Gasteiger partial charge in [-0.25, -0.2) is 0 Å². The van der Waals surface area contributed by atoms with Gasteiger partial charge in [-0.15, -0.1) is 0 Å². The first-order valence-corrected chi connectivity index (χ1v) is 5.45. The molecule has 0 bridgehead atoms. The highest BCUT2D eigenvalue weighted by Gasteiger charge is 2.20. The van der Waals surface area contributed by atoms with Crippen LogP contribution in [0.1, 0.15) is 22.7 Å². The second-order valence-electron chi connectivity index (χ2n) is 4.00. The number of hydrogen-bond donors (Lipinski definition) is 1.